The van der Waals surface area contributed by atoms with Crippen LogP contribution in [0.5, 0.6) is 0 Å². The number of allylic oxidation sites excluding steroid dienone is 3. The molecule has 3 heteroatoms. The average molecular weight is 290 g/mol. The molecule has 0 radical (unpaired) electrons. The predicted octanol–water partition coefficient (Wildman–Crippen LogP) is 5.05. The molecule has 1 aliphatic heterocycles. The van der Waals surface area contributed by atoms with Crippen molar-refractivity contribution in [3.8, 4) is 0 Å². The Morgan fingerprint density at radius 3 is 2.48 bits per heavy atom. The third-order valence-electron chi connectivity index (χ3n) is 4.43. The van der Waals surface area contributed by atoms with Crippen molar-refractivity contribution < 1.29 is 13.5 Å². The van der Waals surface area contributed by atoms with E-state index in [0.717, 1.165) is 25.7 Å². The van der Waals surface area contributed by atoms with Crippen LogP contribution in [0.25, 0.3) is 0 Å². The van der Waals surface area contributed by atoms with E-state index in [-0.39, 0.29) is 12.0 Å². The molecule has 1 saturated heterocycles. The summed E-state index contributed by atoms with van der Waals surface area (Å²) in [4.78, 5) is 0. The fourth-order valence-corrected chi connectivity index (χ4v) is 3.05. The number of halogens is 2. The van der Waals surface area contributed by atoms with Crippen molar-refractivity contribution in [2.45, 2.75) is 37.7 Å². The summed E-state index contributed by atoms with van der Waals surface area (Å²) in [7, 11) is 0. The zero-order valence-electron chi connectivity index (χ0n) is 12.0. The molecule has 1 nitrogen and oxygen atoms in total. The highest BCUT2D eigenvalue weighted by atomic mass is 19.2. The van der Waals surface area contributed by atoms with Gasteiger partial charge < -0.3 is 4.74 Å². The van der Waals surface area contributed by atoms with E-state index in [1.165, 1.54) is 0 Å². The van der Waals surface area contributed by atoms with E-state index >= 15 is 0 Å². The first-order chi connectivity index (χ1) is 10.2. The van der Waals surface area contributed by atoms with Gasteiger partial charge in [0, 0.05) is 11.5 Å². The Hall–Kier alpha value is -1.48. The first-order valence-electron chi connectivity index (χ1n) is 7.59. The van der Waals surface area contributed by atoms with Gasteiger partial charge in [0.25, 0.3) is 0 Å². The second-order valence-corrected chi connectivity index (χ2v) is 5.89. The summed E-state index contributed by atoms with van der Waals surface area (Å²) >= 11 is 0. The van der Waals surface area contributed by atoms with Crippen LogP contribution >= 0.6 is 0 Å². The van der Waals surface area contributed by atoms with E-state index in [9.17, 15) is 8.78 Å². The number of rotatable bonds is 5. The lowest BCUT2D eigenvalue weighted by Gasteiger charge is -2.23. The summed E-state index contributed by atoms with van der Waals surface area (Å²) in [6.45, 7) is 4.22. The molecule has 2 aliphatic rings. The molecule has 112 valence electrons. The van der Waals surface area contributed by atoms with Gasteiger partial charge in [0.05, 0.1) is 6.61 Å². The van der Waals surface area contributed by atoms with Crippen LogP contribution in [-0.4, -0.2) is 6.61 Å². The van der Waals surface area contributed by atoms with Gasteiger partial charge in [-0.15, -0.1) is 6.58 Å². The van der Waals surface area contributed by atoms with Crippen molar-refractivity contribution in [3.05, 3.63) is 59.7 Å². The fourth-order valence-electron chi connectivity index (χ4n) is 3.05. The lowest BCUT2D eigenvalue weighted by atomic mass is 9.82. The Balaban J connectivity index is 1.75. The summed E-state index contributed by atoms with van der Waals surface area (Å²) in [5, 5.41) is 0. The van der Waals surface area contributed by atoms with E-state index in [1.807, 2.05) is 12.2 Å². The predicted molar refractivity (Wildman–Crippen MR) is 79.1 cm³/mol. The summed E-state index contributed by atoms with van der Waals surface area (Å²) < 4.78 is 33.4. The Labute approximate surface area is 124 Å². The van der Waals surface area contributed by atoms with Crippen LogP contribution in [0.3, 0.4) is 0 Å². The van der Waals surface area contributed by atoms with E-state index in [2.05, 4.69) is 12.7 Å². The van der Waals surface area contributed by atoms with Gasteiger partial charge in [-0.2, -0.15) is 0 Å². The topological polar surface area (TPSA) is 12.5 Å². The van der Waals surface area contributed by atoms with E-state index in [0.29, 0.717) is 23.7 Å². The molecule has 0 saturated carbocycles. The number of hydrogen-bond donors (Lipinski definition) is 0. The van der Waals surface area contributed by atoms with E-state index in [4.69, 9.17) is 4.74 Å². The summed E-state index contributed by atoms with van der Waals surface area (Å²) in [6.07, 6.45) is 9.82. The molecule has 0 amide bonds. The van der Waals surface area contributed by atoms with Gasteiger partial charge in [-0.1, -0.05) is 30.4 Å². The standard InChI is InChI=1S/C18H20F2O/c1-2-3-4-12-5-7-13(8-6-12)14-9-10-15(16-11-21-16)18(20)17(14)19/h2,5,7,9-10,12-13,16H,1,3-4,6,8,11H2. The van der Waals surface area contributed by atoms with Gasteiger partial charge in [-0.05, 0) is 37.2 Å². The van der Waals surface area contributed by atoms with Crippen LogP contribution < -0.4 is 0 Å². The monoisotopic (exact) mass is 290 g/mol. The maximum absolute atomic E-state index is 14.3. The molecule has 21 heavy (non-hydrogen) atoms. The molecule has 1 fully saturated rings. The lowest BCUT2D eigenvalue weighted by Crippen LogP contribution is -2.10. The lowest BCUT2D eigenvalue weighted by molar-refractivity contribution is 0.398. The largest absolute Gasteiger partial charge is 0.368 e. The highest BCUT2D eigenvalue weighted by Crippen LogP contribution is 2.38. The van der Waals surface area contributed by atoms with Crippen molar-refractivity contribution >= 4 is 0 Å². The molecule has 0 aromatic heterocycles. The zero-order chi connectivity index (χ0) is 14.8. The van der Waals surface area contributed by atoms with Crippen LogP contribution in [0.15, 0.2) is 36.9 Å². The average Bonchev–Trinajstić information content (AvgIpc) is 3.33. The molecule has 0 spiro atoms. The van der Waals surface area contributed by atoms with Crippen molar-refractivity contribution in [1.29, 1.82) is 0 Å². The fraction of sp³-hybridized carbons (Fsp3) is 0.444. The molecule has 0 bridgehead atoms. The third-order valence-corrected chi connectivity index (χ3v) is 4.43. The first kappa shape index (κ1) is 14.5. The molecule has 0 N–H and O–H groups in total. The van der Waals surface area contributed by atoms with Crippen molar-refractivity contribution in [1.82, 2.24) is 0 Å². The second-order valence-electron chi connectivity index (χ2n) is 5.89. The van der Waals surface area contributed by atoms with E-state index in [1.54, 1.807) is 12.1 Å². The van der Waals surface area contributed by atoms with Crippen LogP contribution in [0, 0.1) is 17.6 Å². The second kappa shape index (κ2) is 6.10. The third kappa shape index (κ3) is 3.08. The minimum atomic E-state index is -0.739. The van der Waals surface area contributed by atoms with Gasteiger partial charge in [-0.25, -0.2) is 8.78 Å². The smallest absolute Gasteiger partial charge is 0.165 e. The van der Waals surface area contributed by atoms with Crippen molar-refractivity contribution in [2.24, 2.45) is 5.92 Å². The highest BCUT2D eigenvalue weighted by Gasteiger charge is 2.31. The zero-order valence-corrected chi connectivity index (χ0v) is 12.0. The van der Waals surface area contributed by atoms with Gasteiger partial charge >= 0.3 is 0 Å². The minimum Gasteiger partial charge on any atom is -0.368 e. The van der Waals surface area contributed by atoms with Crippen molar-refractivity contribution in [3.63, 3.8) is 0 Å². The van der Waals surface area contributed by atoms with Crippen LogP contribution in [0.1, 0.15) is 48.8 Å². The van der Waals surface area contributed by atoms with Gasteiger partial charge in [0.1, 0.15) is 6.10 Å². The first-order valence-corrected chi connectivity index (χ1v) is 7.59. The minimum absolute atomic E-state index is 0.0198. The normalized spacial score (nSPS) is 27.6. The van der Waals surface area contributed by atoms with E-state index < -0.39 is 11.6 Å². The molecule has 3 unspecified atom stereocenters. The van der Waals surface area contributed by atoms with Crippen LogP contribution in [-0.2, 0) is 4.74 Å². The molecule has 3 rings (SSSR count). The number of hydrogen-bond acceptors (Lipinski definition) is 1. The summed E-state index contributed by atoms with van der Waals surface area (Å²) in [5.41, 5.74) is 0.815. The molecule has 3 atom stereocenters. The highest BCUT2D eigenvalue weighted by molar-refractivity contribution is 5.34. The molecule has 1 aromatic rings. The molecule has 1 heterocycles. The maximum atomic E-state index is 14.3. The van der Waals surface area contributed by atoms with Crippen molar-refractivity contribution in [2.75, 3.05) is 6.61 Å². The SMILES string of the molecule is C=CCCC1C=CC(c2ccc(C3CO3)c(F)c2F)CC1. The number of epoxide rings is 1. The Kier molecular flexibility index (Phi) is 4.20. The summed E-state index contributed by atoms with van der Waals surface area (Å²) in [5.74, 6) is -0.931. The quantitative estimate of drug-likeness (QED) is 0.546. The molecule has 1 aliphatic carbocycles. The number of benzene rings is 1. The molecule has 1 aromatic carbocycles. The van der Waals surface area contributed by atoms with Gasteiger partial charge in [0.15, 0.2) is 11.6 Å². The molecular weight excluding hydrogens is 270 g/mol. The Morgan fingerprint density at radius 1 is 1.14 bits per heavy atom. The Morgan fingerprint density at radius 2 is 1.86 bits per heavy atom. The van der Waals surface area contributed by atoms with Crippen LogP contribution in [0.2, 0.25) is 0 Å². The van der Waals surface area contributed by atoms with Crippen LogP contribution in [0.4, 0.5) is 8.78 Å². The van der Waals surface area contributed by atoms with Gasteiger partial charge in [-0.3, -0.25) is 0 Å². The van der Waals surface area contributed by atoms with Gasteiger partial charge in [0.2, 0.25) is 0 Å². The molecular formula is C18H20F2O. The Bertz CT molecular complexity index is 561. The number of ether oxygens (including phenoxy) is 1. The summed E-state index contributed by atoms with van der Waals surface area (Å²) in [6, 6.07) is 3.39. The maximum Gasteiger partial charge on any atom is 0.165 e.